The Labute approximate surface area is 174 Å². The quantitative estimate of drug-likeness (QED) is 0.748. The highest BCUT2D eigenvalue weighted by molar-refractivity contribution is 5.50. The van der Waals surface area contributed by atoms with Crippen LogP contribution in [0.15, 0.2) is 42.5 Å². The molecule has 2 aromatic rings. The maximum atomic E-state index is 10.6. The number of aliphatic hydroxyl groups excluding tert-OH is 1. The fourth-order valence-corrected chi connectivity index (χ4v) is 6.56. The number of aryl methyl sites for hydroxylation is 1. The molecular formula is C26H32O3. The molecule has 29 heavy (non-hydrogen) atoms. The molecule has 3 heteroatoms. The van der Waals surface area contributed by atoms with Gasteiger partial charge in [0.1, 0.15) is 6.61 Å². The van der Waals surface area contributed by atoms with Crippen LogP contribution in [0.25, 0.3) is 0 Å². The molecule has 5 atom stereocenters. The second kappa shape index (κ2) is 7.36. The lowest BCUT2D eigenvalue weighted by molar-refractivity contribution is -0.0226. The van der Waals surface area contributed by atoms with Crippen molar-refractivity contribution in [1.82, 2.24) is 0 Å². The maximum absolute atomic E-state index is 10.6. The summed E-state index contributed by atoms with van der Waals surface area (Å²) < 4.78 is 11.9. The second-order valence-electron chi connectivity index (χ2n) is 9.53. The molecule has 0 amide bonds. The SMILES string of the molecule is COc1cc2c(cc1OCc1ccccc1)CCC1C2CCC2(C)C1CC[C@@H]2O. The number of benzene rings is 2. The number of rotatable bonds is 4. The van der Waals surface area contributed by atoms with Gasteiger partial charge in [0.15, 0.2) is 11.5 Å². The molecule has 3 nitrogen and oxygen atoms in total. The van der Waals surface area contributed by atoms with E-state index in [9.17, 15) is 5.11 Å². The topological polar surface area (TPSA) is 38.7 Å². The molecule has 0 radical (unpaired) electrons. The summed E-state index contributed by atoms with van der Waals surface area (Å²) in [5, 5.41) is 10.6. The lowest BCUT2D eigenvalue weighted by Gasteiger charge is -2.50. The third kappa shape index (κ3) is 3.15. The number of hydrogen-bond acceptors (Lipinski definition) is 3. The van der Waals surface area contributed by atoms with Crippen LogP contribution in [-0.2, 0) is 13.0 Å². The molecule has 0 heterocycles. The number of hydrogen-bond donors (Lipinski definition) is 1. The Balaban J connectivity index is 1.41. The van der Waals surface area contributed by atoms with Crippen molar-refractivity contribution >= 4 is 0 Å². The molecule has 2 aromatic carbocycles. The standard InChI is InChI=1S/C26H32O3/c1-26-13-12-19-20(22(26)10-11-25(26)27)9-8-18-14-24(23(28-2)15-21(18)19)29-16-17-6-4-3-5-7-17/h3-7,14-15,19-20,22,25,27H,8-13,16H2,1-2H3/t19?,20?,22?,25-,26?/m0/s1. The zero-order chi connectivity index (χ0) is 20.0. The van der Waals surface area contributed by atoms with E-state index in [-0.39, 0.29) is 11.5 Å². The van der Waals surface area contributed by atoms with E-state index in [0.717, 1.165) is 30.8 Å². The van der Waals surface area contributed by atoms with Gasteiger partial charge < -0.3 is 14.6 Å². The Bertz CT molecular complexity index is 877. The minimum Gasteiger partial charge on any atom is -0.493 e. The average Bonchev–Trinajstić information content (AvgIpc) is 3.06. The van der Waals surface area contributed by atoms with Gasteiger partial charge in [-0.05, 0) is 90.5 Å². The molecule has 2 saturated carbocycles. The normalized spacial score (nSPS) is 32.8. The number of methoxy groups -OCH3 is 1. The first-order valence-electron chi connectivity index (χ1n) is 11.2. The summed E-state index contributed by atoms with van der Waals surface area (Å²) in [6.45, 7) is 2.89. The van der Waals surface area contributed by atoms with E-state index in [2.05, 4.69) is 31.2 Å². The minimum atomic E-state index is -0.113. The summed E-state index contributed by atoms with van der Waals surface area (Å²) in [6.07, 6.45) is 6.69. The van der Waals surface area contributed by atoms with Crippen molar-refractivity contribution in [2.75, 3.05) is 7.11 Å². The lowest BCUT2D eigenvalue weighted by atomic mass is 9.55. The van der Waals surface area contributed by atoms with E-state index in [4.69, 9.17) is 9.47 Å². The van der Waals surface area contributed by atoms with E-state index in [1.54, 1.807) is 7.11 Å². The Hall–Kier alpha value is -2.00. The number of aliphatic hydroxyl groups is 1. The van der Waals surface area contributed by atoms with Crippen molar-refractivity contribution < 1.29 is 14.6 Å². The van der Waals surface area contributed by atoms with Crippen molar-refractivity contribution in [2.45, 2.75) is 64.1 Å². The molecule has 3 aliphatic carbocycles. The molecule has 3 aliphatic rings. The number of fused-ring (bicyclic) bond motifs is 5. The van der Waals surface area contributed by atoms with Crippen molar-refractivity contribution in [3.8, 4) is 11.5 Å². The van der Waals surface area contributed by atoms with Crippen LogP contribution in [0, 0.1) is 17.3 Å². The third-order valence-electron chi connectivity index (χ3n) is 8.20. The Kier molecular flexibility index (Phi) is 4.82. The predicted molar refractivity (Wildman–Crippen MR) is 114 cm³/mol. The van der Waals surface area contributed by atoms with Gasteiger partial charge >= 0.3 is 0 Å². The highest BCUT2D eigenvalue weighted by atomic mass is 16.5. The van der Waals surface area contributed by atoms with E-state index < -0.39 is 0 Å². The van der Waals surface area contributed by atoms with Crippen LogP contribution in [-0.4, -0.2) is 18.3 Å². The third-order valence-corrected chi connectivity index (χ3v) is 8.20. The zero-order valence-corrected chi connectivity index (χ0v) is 17.6. The van der Waals surface area contributed by atoms with Crippen LogP contribution in [0.2, 0.25) is 0 Å². The number of ether oxygens (including phenoxy) is 2. The van der Waals surface area contributed by atoms with E-state index in [1.165, 1.54) is 36.0 Å². The molecule has 5 rings (SSSR count). The van der Waals surface area contributed by atoms with Crippen LogP contribution in [0.5, 0.6) is 11.5 Å². The summed E-state index contributed by atoms with van der Waals surface area (Å²) in [7, 11) is 1.74. The molecular weight excluding hydrogens is 360 g/mol. The second-order valence-corrected chi connectivity index (χ2v) is 9.53. The minimum absolute atomic E-state index is 0.113. The molecule has 1 N–H and O–H groups in total. The first kappa shape index (κ1) is 19.0. The van der Waals surface area contributed by atoms with Crippen LogP contribution >= 0.6 is 0 Å². The Morgan fingerprint density at radius 1 is 1.03 bits per heavy atom. The smallest absolute Gasteiger partial charge is 0.161 e. The van der Waals surface area contributed by atoms with Gasteiger partial charge in [-0.15, -0.1) is 0 Å². The summed E-state index contributed by atoms with van der Waals surface area (Å²) in [5.41, 5.74) is 4.19. The van der Waals surface area contributed by atoms with E-state index in [0.29, 0.717) is 24.4 Å². The van der Waals surface area contributed by atoms with Gasteiger partial charge in [-0.1, -0.05) is 37.3 Å². The summed E-state index contributed by atoms with van der Waals surface area (Å²) in [4.78, 5) is 0. The van der Waals surface area contributed by atoms with Gasteiger partial charge in [0, 0.05) is 0 Å². The van der Waals surface area contributed by atoms with Gasteiger partial charge in [-0.3, -0.25) is 0 Å². The van der Waals surface area contributed by atoms with Gasteiger partial charge in [0.25, 0.3) is 0 Å². The van der Waals surface area contributed by atoms with Crippen LogP contribution in [0.4, 0.5) is 0 Å². The summed E-state index contributed by atoms with van der Waals surface area (Å²) in [6, 6.07) is 14.8. The van der Waals surface area contributed by atoms with Crippen molar-refractivity contribution in [3.63, 3.8) is 0 Å². The molecule has 0 saturated heterocycles. The molecule has 0 aliphatic heterocycles. The molecule has 0 bridgehead atoms. The predicted octanol–water partition coefficient (Wildman–Crippen LogP) is 5.49. The molecule has 0 spiro atoms. The zero-order valence-electron chi connectivity index (χ0n) is 17.6. The van der Waals surface area contributed by atoms with E-state index >= 15 is 0 Å². The van der Waals surface area contributed by atoms with E-state index in [1.807, 2.05) is 18.2 Å². The Morgan fingerprint density at radius 3 is 2.66 bits per heavy atom. The van der Waals surface area contributed by atoms with Crippen molar-refractivity contribution in [1.29, 1.82) is 0 Å². The monoisotopic (exact) mass is 392 g/mol. The molecule has 0 aromatic heterocycles. The van der Waals surface area contributed by atoms with Gasteiger partial charge in [-0.25, -0.2) is 0 Å². The molecule has 154 valence electrons. The Morgan fingerprint density at radius 2 is 1.86 bits per heavy atom. The molecule has 2 fully saturated rings. The maximum Gasteiger partial charge on any atom is 0.161 e. The van der Waals surface area contributed by atoms with Crippen molar-refractivity contribution in [2.24, 2.45) is 17.3 Å². The summed E-state index contributed by atoms with van der Waals surface area (Å²) >= 11 is 0. The van der Waals surface area contributed by atoms with Crippen LogP contribution in [0.1, 0.15) is 61.6 Å². The highest BCUT2D eigenvalue weighted by Gasteiger charge is 2.54. The van der Waals surface area contributed by atoms with Gasteiger partial charge in [0.05, 0.1) is 13.2 Å². The molecule has 4 unspecified atom stereocenters. The lowest BCUT2D eigenvalue weighted by Crippen LogP contribution is -2.43. The fourth-order valence-electron chi connectivity index (χ4n) is 6.56. The first-order valence-corrected chi connectivity index (χ1v) is 11.2. The van der Waals surface area contributed by atoms with Crippen LogP contribution in [0.3, 0.4) is 0 Å². The van der Waals surface area contributed by atoms with Gasteiger partial charge in [0.2, 0.25) is 0 Å². The summed E-state index contributed by atoms with van der Waals surface area (Å²) in [5.74, 6) is 3.65. The highest BCUT2D eigenvalue weighted by Crippen LogP contribution is 2.61. The fraction of sp³-hybridized carbons (Fsp3) is 0.538. The average molecular weight is 393 g/mol. The first-order chi connectivity index (χ1) is 14.1. The van der Waals surface area contributed by atoms with Gasteiger partial charge in [-0.2, -0.15) is 0 Å². The van der Waals surface area contributed by atoms with Crippen molar-refractivity contribution in [3.05, 3.63) is 59.2 Å². The largest absolute Gasteiger partial charge is 0.493 e. The van der Waals surface area contributed by atoms with Crippen LogP contribution < -0.4 is 9.47 Å².